The molecule has 0 spiro atoms. The molecule has 1 aliphatic carbocycles. The minimum atomic E-state index is -0.443. The molecule has 1 atom stereocenters. The van der Waals surface area contributed by atoms with Crippen LogP contribution >= 0.6 is 12.4 Å². The van der Waals surface area contributed by atoms with Crippen molar-refractivity contribution in [1.82, 2.24) is 0 Å². The summed E-state index contributed by atoms with van der Waals surface area (Å²) in [4.78, 5) is 10.4. The second-order valence-electron chi connectivity index (χ2n) is 4.05. The highest BCUT2D eigenvalue weighted by Crippen LogP contribution is 2.41. The summed E-state index contributed by atoms with van der Waals surface area (Å²) in [5.74, 6) is 0.754. The van der Waals surface area contributed by atoms with Crippen LogP contribution in [0.5, 0.6) is 5.75 Å². The van der Waals surface area contributed by atoms with Crippen molar-refractivity contribution < 1.29 is 9.66 Å². The van der Waals surface area contributed by atoms with E-state index in [1.807, 2.05) is 0 Å². The normalized spacial score (nSPS) is 15.9. The van der Waals surface area contributed by atoms with Crippen molar-refractivity contribution in [3.8, 4) is 5.75 Å². The van der Waals surface area contributed by atoms with Crippen LogP contribution in [0.1, 0.15) is 24.4 Å². The summed E-state index contributed by atoms with van der Waals surface area (Å²) in [6, 6.07) is 4.83. The number of nitrogens with two attached hydrogens (primary N) is 1. The molecule has 0 heterocycles. The van der Waals surface area contributed by atoms with E-state index in [4.69, 9.17) is 10.5 Å². The Kier molecular flexibility index (Phi) is 4.31. The summed E-state index contributed by atoms with van der Waals surface area (Å²) in [6.07, 6.45) is 2.22. The molecule has 1 saturated carbocycles. The molecule has 0 aliphatic heterocycles. The monoisotopic (exact) mass is 258 g/mol. The first-order chi connectivity index (χ1) is 7.63. The van der Waals surface area contributed by atoms with Gasteiger partial charge in [0.25, 0.3) is 0 Å². The lowest BCUT2D eigenvalue weighted by atomic mass is 10.0. The Hall–Kier alpha value is -1.33. The molecule has 1 aliphatic rings. The standard InChI is InChI=1S/C11H14N2O3.ClH/c1-16-10-5-4-8(6-9(10)13(14)15)11(12)7-2-3-7;/h4-7,11H,2-3,12H2,1H3;1H/t11-;/m1./s1. The number of benzene rings is 1. The van der Waals surface area contributed by atoms with Gasteiger partial charge in [0.2, 0.25) is 0 Å². The second-order valence-corrected chi connectivity index (χ2v) is 4.05. The van der Waals surface area contributed by atoms with Gasteiger partial charge in [0.1, 0.15) is 0 Å². The summed E-state index contributed by atoms with van der Waals surface area (Å²) in [7, 11) is 1.42. The van der Waals surface area contributed by atoms with E-state index in [9.17, 15) is 10.1 Å². The van der Waals surface area contributed by atoms with Gasteiger partial charge in [-0.2, -0.15) is 0 Å². The van der Waals surface area contributed by atoms with E-state index in [-0.39, 0.29) is 29.9 Å². The van der Waals surface area contributed by atoms with Crippen LogP contribution < -0.4 is 10.5 Å². The molecular formula is C11H15ClN2O3. The predicted molar refractivity (Wildman–Crippen MR) is 66.5 cm³/mol. The molecule has 1 aromatic carbocycles. The zero-order valence-electron chi connectivity index (χ0n) is 9.46. The third-order valence-corrected chi connectivity index (χ3v) is 2.91. The summed E-state index contributed by atoms with van der Waals surface area (Å²) in [5, 5.41) is 10.8. The van der Waals surface area contributed by atoms with Crippen LogP contribution in [0.25, 0.3) is 0 Å². The molecule has 1 fully saturated rings. The minimum Gasteiger partial charge on any atom is -0.490 e. The van der Waals surface area contributed by atoms with Crippen molar-refractivity contribution >= 4 is 18.1 Å². The van der Waals surface area contributed by atoms with Crippen molar-refractivity contribution in [1.29, 1.82) is 0 Å². The molecule has 0 aromatic heterocycles. The number of ether oxygens (including phenoxy) is 1. The Labute approximate surface area is 106 Å². The lowest BCUT2D eigenvalue weighted by Gasteiger charge is -2.11. The number of rotatable bonds is 4. The molecule has 17 heavy (non-hydrogen) atoms. The van der Waals surface area contributed by atoms with Gasteiger partial charge in [-0.25, -0.2) is 0 Å². The van der Waals surface area contributed by atoms with Crippen LogP contribution in [0.15, 0.2) is 18.2 Å². The quantitative estimate of drug-likeness (QED) is 0.665. The molecule has 2 rings (SSSR count). The average Bonchev–Trinajstić information content (AvgIpc) is 3.11. The van der Waals surface area contributed by atoms with Crippen molar-refractivity contribution in [2.75, 3.05) is 7.11 Å². The van der Waals surface area contributed by atoms with E-state index in [0.717, 1.165) is 18.4 Å². The molecule has 94 valence electrons. The fraction of sp³-hybridized carbons (Fsp3) is 0.455. The van der Waals surface area contributed by atoms with Crippen molar-refractivity contribution in [2.24, 2.45) is 11.7 Å². The zero-order valence-corrected chi connectivity index (χ0v) is 10.3. The Balaban J connectivity index is 0.00000144. The Bertz CT molecular complexity index is 421. The molecule has 0 radical (unpaired) electrons. The molecular weight excluding hydrogens is 244 g/mol. The van der Waals surface area contributed by atoms with Crippen molar-refractivity contribution in [2.45, 2.75) is 18.9 Å². The highest BCUT2D eigenvalue weighted by atomic mass is 35.5. The van der Waals surface area contributed by atoms with Gasteiger partial charge < -0.3 is 10.5 Å². The van der Waals surface area contributed by atoms with Crippen LogP contribution in [0, 0.1) is 16.0 Å². The number of nitro groups is 1. The van der Waals surface area contributed by atoms with Gasteiger partial charge in [-0.15, -0.1) is 12.4 Å². The summed E-state index contributed by atoms with van der Waals surface area (Å²) in [6.45, 7) is 0. The van der Waals surface area contributed by atoms with Crippen molar-refractivity contribution in [3.05, 3.63) is 33.9 Å². The van der Waals surface area contributed by atoms with Crippen LogP contribution in [0.2, 0.25) is 0 Å². The Morgan fingerprint density at radius 3 is 2.65 bits per heavy atom. The van der Waals surface area contributed by atoms with Crippen LogP contribution in [-0.4, -0.2) is 12.0 Å². The smallest absolute Gasteiger partial charge is 0.311 e. The van der Waals surface area contributed by atoms with Gasteiger partial charge in [-0.3, -0.25) is 10.1 Å². The largest absolute Gasteiger partial charge is 0.490 e. The Morgan fingerprint density at radius 1 is 1.53 bits per heavy atom. The van der Waals surface area contributed by atoms with E-state index in [2.05, 4.69) is 0 Å². The maximum absolute atomic E-state index is 10.8. The lowest BCUT2D eigenvalue weighted by molar-refractivity contribution is -0.385. The topological polar surface area (TPSA) is 78.4 Å². The molecule has 0 unspecified atom stereocenters. The average molecular weight is 259 g/mol. The van der Waals surface area contributed by atoms with E-state index in [0.29, 0.717) is 5.92 Å². The predicted octanol–water partition coefficient (Wildman–Crippen LogP) is 2.44. The number of methoxy groups -OCH3 is 1. The Morgan fingerprint density at radius 2 is 2.18 bits per heavy atom. The van der Waals surface area contributed by atoms with E-state index in [1.165, 1.54) is 13.2 Å². The SMILES string of the molecule is COc1ccc([C@H](N)C2CC2)cc1[N+](=O)[O-].Cl. The second kappa shape index (κ2) is 5.33. The van der Waals surface area contributed by atoms with E-state index < -0.39 is 4.92 Å². The fourth-order valence-corrected chi connectivity index (χ4v) is 1.78. The first kappa shape index (κ1) is 13.7. The molecule has 6 heteroatoms. The maximum Gasteiger partial charge on any atom is 0.311 e. The number of hydrogen-bond acceptors (Lipinski definition) is 4. The summed E-state index contributed by atoms with van der Waals surface area (Å²) in [5.41, 5.74) is 6.79. The molecule has 2 N–H and O–H groups in total. The fourth-order valence-electron chi connectivity index (χ4n) is 1.78. The molecule has 0 bridgehead atoms. The summed E-state index contributed by atoms with van der Waals surface area (Å²) < 4.78 is 4.93. The highest BCUT2D eigenvalue weighted by molar-refractivity contribution is 5.85. The minimum absolute atomic E-state index is 0. The van der Waals surface area contributed by atoms with Gasteiger partial charge in [-0.05, 0) is 30.4 Å². The number of hydrogen-bond donors (Lipinski definition) is 1. The van der Waals surface area contributed by atoms with Gasteiger partial charge in [0, 0.05) is 12.1 Å². The summed E-state index contributed by atoms with van der Waals surface area (Å²) >= 11 is 0. The van der Waals surface area contributed by atoms with Gasteiger partial charge in [0.05, 0.1) is 12.0 Å². The van der Waals surface area contributed by atoms with Crippen LogP contribution in [-0.2, 0) is 0 Å². The third kappa shape index (κ3) is 2.87. The first-order valence-electron chi connectivity index (χ1n) is 5.21. The third-order valence-electron chi connectivity index (χ3n) is 2.91. The molecule has 1 aromatic rings. The van der Waals surface area contributed by atoms with Crippen LogP contribution in [0.3, 0.4) is 0 Å². The molecule has 5 nitrogen and oxygen atoms in total. The molecule has 0 saturated heterocycles. The van der Waals surface area contributed by atoms with Gasteiger partial charge >= 0.3 is 5.69 Å². The van der Waals surface area contributed by atoms with Crippen LogP contribution in [0.4, 0.5) is 5.69 Å². The zero-order chi connectivity index (χ0) is 11.7. The number of nitrogens with zero attached hydrogens (tertiary/aromatic N) is 1. The van der Waals surface area contributed by atoms with Gasteiger partial charge in [-0.1, -0.05) is 6.07 Å². The van der Waals surface area contributed by atoms with E-state index in [1.54, 1.807) is 12.1 Å². The number of halogens is 1. The highest BCUT2D eigenvalue weighted by Gasteiger charge is 2.30. The maximum atomic E-state index is 10.8. The number of nitro benzene ring substituents is 1. The van der Waals surface area contributed by atoms with E-state index >= 15 is 0 Å². The molecule has 0 amide bonds. The van der Waals surface area contributed by atoms with Crippen molar-refractivity contribution in [3.63, 3.8) is 0 Å². The lowest BCUT2D eigenvalue weighted by Crippen LogP contribution is -2.12. The first-order valence-corrected chi connectivity index (χ1v) is 5.21. The van der Waals surface area contributed by atoms with Gasteiger partial charge in [0.15, 0.2) is 5.75 Å².